The molecule has 51 heavy (non-hydrogen) atoms. The van der Waals surface area contributed by atoms with E-state index in [0.29, 0.717) is 12.8 Å². The van der Waals surface area contributed by atoms with Crippen LogP contribution in [0.4, 0.5) is 0 Å². The van der Waals surface area contributed by atoms with Crippen molar-refractivity contribution < 1.29 is 37.6 Å². The lowest BCUT2D eigenvalue weighted by Gasteiger charge is -2.19. The molecule has 0 rings (SSSR count). The maximum Gasteiger partial charge on any atom is 0.472 e. The Kier molecular flexibility index (Phi) is 34.9. The first kappa shape index (κ1) is 48.2. The average molecular weight is 734 g/mol. The fourth-order valence-corrected chi connectivity index (χ4v) is 5.23. The monoisotopic (exact) mass is 733 g/mol. The summed E-state index contributed by atoms with van der Waals surface area (Å²) in [5.74, 6) is -0.950. The number of carbonyl (C=O) groups excluding carboxylic acids is 2. The second-order valence-electron chi connectivity index (χ2n) is 12.1. The third kappa shape index (κ3) is 36.8. The number of allylic oxidation sites excluding steroid dienone is 14. The Morgan fingerprint density at radius 1 is 0.608 bits per heavy atom. The van der Waals surface area contributed by atoms with Crippen molar-refractivity contribution >= 4 is 19.8 Å². The Morgan fingerprint density at radius 3 is 1.69 bits per heavy atom. The van der Waals surface area contributed by atoms with Gasteiger partial charge in [0.1, 0.15) is 6.61 Å². The molecule has 0 saturated carbocycles. The number of carbonyl (C=O) groups is 2. The number of nitrogens with two attached hydrogens (primary N) is 1. The molecule has 0 radical (unpaired) electrons. The van der Waals surface area contributed by atoms with Gasteiger partial charge in [0.2, 0.25) is 0 Å². The molecule has 0 aromatic rings. The first-order valence-electron chi connectivity index (χ1n) is 19.1. The van der Waals surface area contributed by atoms with E-state index in [1.54, 1.807) is 0 Å². The van der Waals surface area contributed by atoms with Crippen molar-refractivity contribution in [2.24, 2.45) is 5.73 Å². The lowest BCUT2D eigenvalue weighted by atomic mass is 10.1. The first-order valence-corrected chi connectivity index (χ1v) is 20.6. The summed E-state index contributed by atoms with van der Waals surface area (Å²) in [4.78, 5) is 34.6. The van der Waals surface area contributed by atoms with Crippen LogP contribution in [0.2, 0.25) is 0 Å². The van der Waals surface area contributed by atoms with Gasteiger partial charge in [-0.15, -0.1) is 0 Å². The Morgan fingerprint density at radius 2 is 1.12 bits per heavy atom. The summed E-state index contributed by atoms with van der Waals surface area (Å²) in [5.41, 5.74) is 5.32. The number of esters is 2. The molecular formula is C41H68NO8P. The fourth-order valence-electron chi connectivity index (χ4n) is 4.46. The average Bonchev–Trinajstić information content (AvgIpc) is 3.11. The maximum atomic E-state index is 12.5. The number of hydrogen-bond donors (Lipinski definition) is 2. The van der Waals surface area contributed by atoms with Crippen LogP contribution in [0.15, 0.2) is 85.1 Å². The molecule has 290 valence electrons. The molecule has 0 amide bonds. The quantitative estimate of drug-likeness (QED) is 0.0287. The summed E-state index contributed by atoms with van der Waals surface area (Å²) >= 11 is 0. The zero-order valence-corrected chi connectivity index (χ0v) is 32.4. The zero-order valence-electron chi connectivity index (χ0n) is 31.5. The molecule has 3 N–H and O–H groups in total. The number of phosphoric ester groups is 1. The Bertz CT molecular complexity index is 1110. The minimum Gasteiger partial charge on any atom is -0.462 e. The second kappa shape index (κ2) is 37.0. The normalized spacial score (nSPS) is 14.4. The number of rotatable bonds is 34. The van der Waals surface area contributed by atoms with E-state index < -0.39 is 32.5 Å². The molecule has 0 aromatic heterocycles. The van der Waals surface area contributed by atoms with Crippen molar-refractivity contribution in [1.29, 1.82) is 0 Å². The molecule has 0 bridgehead atoms. The summed E-state index contributed by atoms with van der Waals surface area (Å²) in [6.07, 6.45) is 44.9. The zero-order chi connectivity index (χ0) is 37.5. The van der Waals surface area contributed by atoms with Gasteiger partial charge < -0.3 is 20.1 Å². The molecule has 2 atom stereocenters. The van der Waals surface area contributed by atoms with E-state index in [-0.39, 0.29) is 32.6 Å². The van der Waals surface area contributed by atoms with Crippen LogP contribution in [-0.4, -0.2) is 49.3 Å². The van der Waals surface area contributed by atoms with Gasteiger partial charge in [0.25, 0.3) is 0 Å². The van der Waals surface area contributed by atoms with E-state index in [4.69, 9.17) is 24.3 Å². The molecular weight excluding hydrogens is 665 g/mol. The van der Waals surface area contributed by atoms with Crippen molar-refractivity contribution in [3.8, 4) is 0 Å². The van der Waals surface area contributed by atoms with Gasteiger partial charge in [-0.2, -0.15) is 0 Å². The third-order valence-electron chi connectivity index (χ3n) is 7.28. The van der Waals surface area contributed by atoms with Gasteiger partial charge in [-0.25, -0.2) is 4.57 Å². The molecule has 0 fully saturated rings. The predicted octanol–water partition coefficient (Wildman–Crippen LogP) is 10.5. The van der Waals surface area contributed by atoms with Crippen molar-refractivity contribution in [3.63, 3.8) is 0 Å². The van der Waals surface area contributed by atoms with E-state index in [1.807, 2.05) is 12.2 Å². The Hall–Kier alpha value is -2.81. The molecule has 0 aliphatic rings. The van der Waals surface area contributed by atoms with Crippen LogP contribution < -0.4 is 5.73 Å². The van der Waals surface area contributed by atoms with Crippen molar-refractivity contribution in [3.05, 3.63) is 85.1 Å². The summed E-state index contributed by atoms with van der Waals surface area (Å²) < 4.78 is 32.5. The van der Waals surface area contributed by atoms with Gasteiger partial charge in [-0.1, -0.05) is 131 Å². The van der Waals surface area contributed by atoms with Crippen LogP contribution in [0, 0.1) is 0 Å². The highest BCUT2D eigenvalue weighted by molar-refractivity contribution is 7.47. The van der Waals surface area contributed by atoms with Crippen LogP contribution >= 0.6 is 7.82 Å². The number of hydrogen-bond acceptors (Lipinski definition) is 8. The standard InChI is InChI=1S/C41H68NO8P/c1-3-5-7-9-11-13-15-16-17-18-19-20-21-22-24-25-27-29-31-33-40(43)47-37-39(38-49-51(45,46)48-36-35-42)50-41(44)34-32-30-28-26-23-14-12-10-8-6-4-2/h5,7,10-13,16-17,19-20,22,24,27,29,39H,3-4,6,8-9,14-15,18,21,23,25-26,28,30-38,42H2,1-2H3,(H,45,46). The van der Waals surface area contributed by atoms with Crippen molar-refractivity contribution in [1.82, 2.24) is 0 Å². The molecule has 0 spiro atoms. The molecule has 0 heterocycles. The minimum atomic E-state index is -4.39. The summed E-state index contributed by atoms with van der Waals surface area (Å²) in [6, 6.07) is 0. The SMILES string of the molecule is CCC=CCC=CCC=CCC=CCC=CCC=CCCC(=O)OCC(COP(=O)(O)OCCN)OC(=O)CCCCCCCC=CCCCC. The van der Waals surface area contributed by atoms with Crippen LogP contribution in [0.1, 0.15) is 129 Å². The topological polar surface area (TPSA) is 134 Å². The minimum absolute atomic E-state index is 0.0381. The Balaban J connectivity index is 4.36. The molecule has 0 saturated heterocycles. The highest BCUT2D eigenvalue weighted by Gasteiger charge is 2.25. The van der Waals surface area contributed by atoms with Crippen LogP contribution in [0.5, 0.6) is 0 Å². The van der Waals surface area contributed by atoms with Gasteiger partial charge in [0, 0.05) is 19.4 Å². The molecule has 10 heteroatoms. The predicted molar refractivity (Wildman–Crippen MR) is 210 cm³/mol. The van der Waals surface area contributed by atoms with Gasteiger partial charge >= 0.3 is 19.8 Å². The molecule has 2 unspecified atom stereocenters. The smallest absolute Gasteiger partial charge is 0.462 e. The number of ether oxygens (including phenoxy) is 2. The molecule has 0 aromatic carbocycles. The second-order valence-corrected chi connectivity index (χ2v) is 13.5. The van der Waals surface area contributed by atoms with Gasteiger partial charge in [0.05, 0.1) is 13.2 Å². The lowest BCUT2D eigenvalue weighted by molar-refractivity contribution is -0.161. The summed E-state index contributed by atoms with van der Waals surface area (Å²) in [5, 5.41) is 0. The van der Waals surface area contributed by atoms with Gasteiger partial charge in [-0.3, -0.25) is 18.6 Å². The number of phosphoric acid groups is 1. The van der Waals surface area contributed by atoms with Gasteiger partial charge in [-0.05, 0) is 70.6 Å². The molecule has 9 nitrogen and oxygen atoms in total. The van der Waals surface area contributed by atoms with E-state index in [9.17, 15) is 19.0 Å². The van der Waals surface area contributed by atoms with Gasteiger partial charge in [0.15, 0.2) is 6.10 Å². The van der Waals surface area contributed by atoms with Crippen LogP contribution in [-0.2, 0) is 32.7 Å². The van der Waals surface area contributed by atoms with Crippen LogP contribution in [0.25, 0.3) is 0 Å². The summed E-state index contributed by atoms with van der Waals surface area (Å²) in [7, 11) is -4.39. The van der Waals surface area contributed by atoms with Crippen molar-refractivity contribution in [2.75, 3.05) is 26.4 Å². The molecule has 0 aliphatic heterocycles. The maximum absolute atomic E-state index is 12.5. The largest absolute Gasteiger partial charge is 0.472 e. The third-order valence-corrected chi connectivity index (χ3v) is 8.26. The lowest BCUT2D eigenvalue weighted by Crippen LogP contribution is -2.29. The summed E-state index contributed by atoms with van der Waals surface area (Å²) in [6.45, 7) is 3.44. The number of unbranched alkanes of at least 4 members (excludes halogenated alkanes) is 7. The fraction of sp³-hybridized carbons (Fsp3) is 0.610. The highest BCUT2D eigenvalue weighted by atomic mass is 31.2. The highest BCUT2D eigenvalue weighted by Crippen LogP contribution is 2.43. The van der Waals surface area contributed by atoms with E-state index >= 15 is 0 Å². The van der Waals surface area contributed by atoms with E-state index in [2.05, 4.69) is 86.8 Å². The first-order chi connectivity index (χ1) is 24.8. The molecule has 0 aliphatic carbocycles. The van der Waals surface area contributed by atoms with Crippen LogP contribution in [0.3, 0.4) is 0 Å². The van der Waals surface area contributed by atoms with Crippen molar-refractivity contribution in [2.45, 2.75) is 136 Å². The van der Waals surface area contributed by atoms with E-state index in [0.717, 1.165) is 77.0 Å². The Labute approximate surface area is 309 Å². The van der Waals surface area contributed by atoms with E-state index in [1.165, 1.54) is 12.8 Å².